The van der Waals surface area contributed by atoms with Gasteiger partial charge < -0.3 is 10.0 Å². The van der Waals surface area contributed by atoms with Gasteiger partial charge in [-0.05, 0) is 38.0 Å². The molecule has 3 heteroatoms. The first kappa shape index (κ1) is 13.5. The van der Waals surface area contributed by atoms with E-state index in [2.05, 4.69) is 53.9 Å². The Bertz CT molecular complexity index is 352. The second-order valence-corrected chi connectivity index (χ2v) is 5.10. The maximum absolute atomic E-state index is 9.55. The molecule has 0 saturated heterocycles. The van der Waals surface area contributed by atoms with E-state index in [0.717, 1.165) is 16.5 Å². The first-order valence-corrected chi connectivity index (χ1v) is 6.47. The second-order valence-electron chi connectivity index (χ2n) is 4.25. The summed E-state index contributed by atoms with van der Waals surface area (Å²) in [6.07, 6.45) is 0.684. The largest absolute Gasteiger partial charge is 0.389 e. The summed E-state index contributed by atoms with van der Waals surface area (Å²) in [4.78, 5) is 2.25. The molecule has 0 aliphatic carbocycles. The predicted molar refractivity (Wildman–Crippen MR) is 72.9 cm³/mol. The number of halogens is 1. The Hall–Kier alpha value is -0.540. The Morgan fingerprint density at radius 2 is 2.00 bits per heavy atom. The maximum Gasteiger partial charge on any atom is 0.0772 e. The highest BCUT2D eigenvalue weighted by atomic mass is 79.9. The Morgan fingerprint density at radius 1 is 1.38 bits per heavy atom. The van der Waals surface area contributed by atoms with Crippen molar-refractivity contribution >= 4 is 21.6 Å². The van der Waals surface area contributed by atoms with Crippen molar-refractivity contribution < 1.29 is 5.11 Å². The maximum atomic E-state index is 9.55. The van der Waals surface area contributed by atoms with Crippen LogP contribution in [0.2, 0.25) is 0 Å². The van der Waals surface area contributed by atoms with Crippen LogP contribution in [0, 0.1) is 0 Å². The van der Waals surface area contributed by atoms with Crippen LogP contribution in [0.4, 0.5) is 5.69 Å². The molecule has 0 aromatic heterocycles. The van der Waals surface area contributed by atoms with E-state index in [1.165, 1.54) is 5.69 Å². The molecule has 1 aromatic carbocycles. The lowest BCUT2D eigenvalue weighted by atomic mass is 10.1. The summed E-state index contributed by atoms with van der Waals surface area (Å²) in [6.45, 7) is 6.16. The summed E-state index contributed by atoms with van der Waals surface area (Å²) < 4.78 is 0.968. The first-order valence-electron chi connectivity index (χ1n) is 5.67. The van der Waals surface area contributed by atoms with Crippen LogP contribution in [0.1, 0.15) is 38.9 Å². The third kappa shape index (κ3) is 2.98. The molecule has 1 aromatic rings. The quantitative estimate of drug-likeness (QED) is 0.911. The smallest absolute Gasteiger partial charge is 0.0772 e. The van der Waals surface area contributed by atoms with E-state index < -0.39 is 6.10 Å². The van der Waals surface area contributed by atoms with Crippen LogP contribution in [0.15, 0.2) is 22.7 Å². The average Bonchev–Trinajstić information content (AvgIpc) is 2.26. The van der Waals surface area contributed by atoms with Crippen LogP contribution in [-0.4, -0.2) is 18.2 Å². The summed E-state index contributed by atoms with van der Waals surface area (Å²) in [6, 6.07) is 6.61. The number of benzene rings is 1. The monoisotopic (exact) mass is 285 g/mol. The highest BCUT2D eigenvalue weighted by Crippen LogP contribution is 2.28. The molecular formula is C13H20BrNO. The molecule has 0 saturated carbocycles. The molecule has 1 rings (SSSR count). The van der Waals surface area contributed by atoms with E-state index in [-0.39, 0.29) is 0 Å². The lowest BCUT2D eigenvalue weighted by molar-refractivity contribution is 0.198. The molecular weight excluding hydrogens is 266 g/mol. The minimum absolute atomic E-state index is 0.433. The topological polar surface area (TPSA) is 23.5 Å². The number of hydrogen-bond acceptors (Lipinski definition) is 2. The molecule has 2 atom stereocenters. The molecule has 0 bridgehead atoms. The lowest BCUT2D eigenvalue weighted by Crippen LogP contribution is -2.27. The average molecular weight is 286 g/mol. The lowest BCUT2D eigenvalue weighted by Gasteiger charge is -2.26. The zero-order valence-electron chi connectivity index (χ0n) is 10.4. The number of nitrogens with zero attached hydrogens (tertiary/aromatic N) is 1. The molecule has 16 heavy (non-hydrogen) atoms. The van der Waals surface area contributed by atoms with Crippen molar-refractivity contribution in [1.29, 1.82) is 0 Å². The first-order chi connectivity index (χ1) is 7.47. The van der Waals surface area contributed by atoms with Gasteiger partial charge in [0.2, 0.25) is 0 Å². The van der Waals surface area contributed by atoms with Gasteiger partial charge in [-0.3, -0.25) is 0 Å². The molecule has 1 N–H and O–H groups in total. The van der Waals surface area contributed by atoms with Crippen LogP contribution >= 0.6 is 15.9 Å². The third-order valence-electron chi connectivity index (χ3n) is 3.09. The van der Waals surface area contributed by atoms with Gasteiger partial charge in [-0.15, -0.1) is 0 Å². The molecule has 2 nitrogen and oxygen atoms in total. The molecule has 0 spiro atoms. The van der Waals surface area contributed by atoms with E-state index in [1.54, 1.807) is 6.92 Å². The zero-order valence-corrected chi connectivity index (χ0v) is 12.0. The van der Waals surface area contributed by atoms with E-state index >= 15 is 0 Å². The molecule has 0 amide bonds. The third-order valence-corrected chi connectivity index (χ3v) is 3.78. The van der Waals surface area contributed by atoms with Crippen molar-refractivity contribution in [1.82, 2.24) is 0 Å². The molecule has 0 aliphatic heterocycles. The van der Waals surface area contributed by atoms with Gasteiger partial charge in [-0.1, -0.05) is 28.9 Å². The normalized spacial score (nSPS) is 14.6. The van der Waals surface area contributed by atoms with Gasteiger partial charge in [0, 0.05) is 23.2 Å². The highest BCUT2D eigenvalue weighted by Gasteiger charge is 2.11. The minimum Gasteiger partial charge on any atom is -0.389 e. The molecule has 0 radical (unpaired) electrons. The number of anilines is 1. The predicted octanol–water partition coefficient (Wildman–Crippen LogP) is 3.74. The Labute approximate surface area is 106 Å². The van der Waals surface area contributed by atoms with Crippen LogP contribution < -0.4 is 4.90 Å². The van der Waals surface area contributed by atoms with Crippen LogP contribution in [-0.2, 0) is 0 Å². The van der Waals surface area contributed by atoms with E-state index in [1.807, 2.05) is 6.07 Å². The van der Waals surface area contributed by atoms with Gasteiger partial charge in [0.25, 0.3) is 0 Å². The summed E-state index contributed by atoms with van der Waals surface area (Å²) >= 11 is 3.50. The van der Waals surface area contributed by atoms with Crippen molar-refractivity contribution in [3.63, 3.8) is 0 Å². The number of rotatable bonds is 4. The number of aliphatic hydroxyl groups excluding tert-OH is 1. The van der Waals surface area contributed by atoms with Crippen molar-refractivity contribution in [3.8, 4) is 0 Å². The fraction of sp³-hybridized carbons (Fsp3) is 0.538. The number of hydrogen-bond donors (Lipinski definition) is 1. The summed E-state index contributed by atoms with van der Waals surface area (Å²) in [5.74, 6) is 0. The van der Waals surface area contributed by atoms with Crippen molar-refractivity contribution in [2.75, 3.05) is 11.9 Å². The molecule has 0 aliphatic rings. The summed E-state index contributed by atoms with van der Waals surface area (Å²) in [5.41, 5.74) is 2.10. The van der Waals surface area contributed by atoms with Crippen LogP contribution in [0.3, 0.4) is 0 Å². The molecule has 0 fully saturated rings. The standard InChI is InChI=1S/C13H20BrNO/c1-5-9(2)15(4)11-6-7-12(10(3)16)13(14)8-11/h6-10,16H,5H2,1-4H3. The Kier molecular flexibility index (Phi) is 4.81. The fourth-order valence-corrected chi connectivity index (χ4v) is 2.30. The molecule has 2 unspecified atom stereocenters. The van der Waals surface area contributed by atoms with Crippen molar-refractivity contribution in [2.24, 2.45) is 0 Å². The summed E-state index contributed by atoms with van der Waals surface area (Å²) in [7, 11) is 2.10. The van der Waals surface area contributed by atoms with Gasteiger partial charge in [0.1, 0.15) is 0 Å². The van der Waals surface area contributed by atoms with Gasteiger partial charge in [-0.25, -0.2) is 0 Å². The minimum atomic E-state index is -0.433. The van der Waals surface area contributed by atoms with E-state index in [4.69, 9.17) is 0 Å². The SMILES string of the molecule is CCC(C)N(C)c1ccc(C(C)O)c(Br)c1. The van der Waals surface area contributed by atoms with E-state index in [9.17, 15) is 5.11 Å². The van der Waals surface area contributed by atoms with Crippen molar-refractivity contribution in [2.45, 2.75) is 39.3 Å². The van der Waals surface area contributed by atoms with Gasteiger partial charge in [-0.2, -0.15) is 0 Å². The van der Waals surface area contributed by atoms with Crippen LogP contribution in [0.5, 0.6) is 0 Å². The van der Waals surface area contributed by atoms with Gasteiger partial charge >= 0.3 is 0 Å². The number of aliphatic hydroxyl groups is 1. The van der Waals surface area contributed by atoms with Gasteiger partial charge in [0.05, 0.1) is 6.10 Å². The van der Waals surface area contributed by atoms with Crippen LogP contribution in [0.25, 0.3) is 0 Å². The zero-order chi connectivity index (χ0) is 12.3. The van der Waals surface area contributed by atoms with Crippen molar-refractivity contribution in [3.05, 3.63) is 28.2 Å². The second kappa shape index (κ2) is 5.69. The fourth-order valence-electron chi connectivity index (χ4n) is 1.60. The molecule has 0 heterocycles. The van der Waals surface area contributed by atoms with Gasteiger partial charge in [0.15, 0.2) is 0 Å². The Morgan fingerprint density at radius 3 is 2.44 bits per heavy atom. The summed E-state index contributed by atoms with van der Waals surface area (Å²) in [5, 5.41) is 9.55. The van der Waals surface area contributed by atoms with E-state index in [0.29, 0.717) is 6.04 Å². The molecule has 90 valence electrons. The Balaban J connectivity index is 2.97. The highest BCUT2D eigenvalue weighted by molar-refractivity contribution is 9.10.